The maximum Gasteiger partial charge on any atom is 0.384 e. The van der Waals surface area contributed by atoms with Gasteiger partial charge in [-0.25, -0.2) is 4.57 Å². The molecule has 5 heteroatoms. The van der Waals surface area contributed by atoms with E-state index in [-0.39, 0.29) is 5.25 Å². The minimum atomic E-state index is -3.84. The van der Waals surface area contributed by atoms with Crippen LogP contribution in [0.1, 0.15) is 26.7 Å². The first-order chi connectivity index (χ1) is 4.49. The first-order valence-electron chi connectivity index (χ1n) is 3.23. The largest absolute Gasteiger partial charge is 0.384 e. The van der Waals surface area contributed by atoms with Crippen LogP contribution in [0.4, 0.5) is 0 Å². The topological polar surface area (TPSA) is 57.5 Å². The molecule has 0 saturated carbocycles. The predicted octanol–water partition coefficient (Wildman–Crippen LogP) is 2.00. The Morgan fingerprint density at radius 2 is 1.80 bits per heavy atom. The van der Waals surface area contributed by atoms with Crippen LogP contribution >= 0.6 is 18.2 Å². The molecular formula is C5H13O3PS. The Hall–Kier alpha value is 0.500. The second kappa shape index (κ2) is 4.39. The van der Waals surface area contributed by atoms with Crippen LogP contribution in [-0.4, -0.2) is 15.0 Å². The molecule has 62 valence electrons. The van der Waals surface area contributed by atoms with Gasteiger partial charge in [0.25, 0.3) is 0 Å². The minimum absolute atomic E-state index is 0.0980. The van der Waals surface area contributed by atoms with E-state index in [0.29, 0.717) is 0 Å². The third-order valence-corrected chi connectivity index (χ3v) is 4.15. The van der Waals surface area contributed by atoms with Gasteiger partial charge in [-0.15, -0.1) is 0 Å². The predicted molar refractivity (Wildman–Crippen MR) is 44.0 cm³/mol. The summed E-state index contributed by atoms with van der Waals surface area (Å²) in [5, 5.41) is 0.0980. The van der Waals surface area contributed by atoms with Gasteiger partial charge in [0.1, 0.15) is 0 Å². The lowest BCUT2D eigenvalue weighted by molar-refractivity contribution is 0.396. The molecule has 0 atom stereocenters. The molecule has 0 aliphatic carbocycles. The smallest absolute Gasteiger partial charge is 0.317 e. The van der Waals surface area contributed by atoms with Gasteiger partial charge >= 0.3 is 6.80 Å². The summed E-state index contributed by atoms with van der Waals surface area (Å²) in [7, 11) is 0. The summed E-state index contributed by atoms with van der Waals surface area (Å²) in [4.78, 5) is 17.0. The Morgan fingerprint density at radius 1 is 1.40 bits per heavy atom. The molecule has 0 fully saturated rings. The second-order valence-corrected chi connectivity index (χ2v) is 5.95. The van der Waals surface area contributed by atoms with Crippen molar-refractivity contribution in [2.24, 2.45) is 0 Å². The fourth-order valence-corrected chi connectivity index (χ4v) is 3.38. The second-order valence-electron chi connectivity index (χ2n) is 2.03. The third kappa shape index (κ3) is 5.30. The van der Waals surface area contributed by atoms with E-state index in [4.69, 9.17) is 9.79 Å². The van der Waals surface area contributed by atoms with Crippen LogP contribution in [0.2, 0.25) is 0 Å². The molecule has 0 unspecified atom stereocenters. The zero-order chi connectivity index (χ0) is 8.20. The fraction of sp³-hybridized carbons (Fsp3) is 1.00. The highest BCUT2D eigenvalue weighted by Gasteiger charge is 2.19. The molecule has 0 heterocycles. The monoisotopic (exact) mass is 184 g/mol. The lowest BCUT2D eigenvalue weighted by atomic mass is 10.3. The van der Waals surface area contributed by atoms with Crippen LogP contribution in [-0.2, 0) is 4.57 Å². The van der Waals surface area contributed by atoms with Crippen molar-refractivity contribution in [3.8, 4) is 0 Å². The molecule has 0 aromatic heterocycles. The normalized spacial score (nSPS) is 12.5. The van der Waals surface area contributed by atoms with Gasteiger partial charge < -0.3 is 9.79 Å². The van der Waals surface area contributed by atoms with Crippen molar-refractivity contribution in [3.63, 3.8) is 0 Å². The van der Waals surface area contributed by atoms with Crippen molar-refractivity contribution in [2.75, 3.05) is 0 Å². The molecule has 0 aromatic carbocycles. The van der Waals surface area contributed by atoms with Crippen LogP contribution < -0.4 is 0 Å². The Kier molecular flexibility index (Phi) is 4.61. The standard InChI is InChI=1S/C5H13O3PS/c1-3-5(4-2)10-9(6,7)8/h5H,3-4H2,1-2H3,(H2,6,7,8). The van der Waals surface area contributed by atoms with Crippen LogP contribution in [0.15, 0.2) is 0 Å². The van der Waals surface area contributed by atoms with Gasteiger partial charge in [-0.2, -0.15) is 0 Å². The molecule has 3 nitrogen and oxygen atoms in total. The number of hydrogen-bond acceptors (Lipinski definition) is 2. The quantitative estimate of drug-likeness (QED) is 0.656. The summed E-state index contributed by atoms with van der Waals surface area (Å²) in [5.74, 6) is 0. The lowest BCUT2D eigenvalue weighted by Crippen LogP contribution is -1.96. The fourth-order valence-electron chi connectivity index (χ4n) is 0.632. The van der Waals surface area contributed by atoms with Crippen LogP contribution in [0.3, 0.4) is 0 Å². The maximum absolute atomic E-state index is 10.4. The maximum atomic E-state index is 10.4. The first-order valence-corrected chi connectivity index (χ1v) is 6.33. The Morgan fingerprint density at radius 3 is 1.90 bits per heavy atom. The Bertz CT molecular complexity index is 129. The summed E-state index contributed by atoms with van der Waals surface area (Å²) in [5.41, 5.74) is 0. The average Bonchev–Trinajstić information content (AvgIpc) is 1.81. The summed E-state index contributed by atoms with van der Waals surface area (Å²) in [6, 6.07) is 0. The molecule has 0 amide bonds. The van der Waals surface area contributed by atoms with E-state index in [1.165, 1.54) is 0 Å². The highest BCUT2D eigenvalue weighted by molar-refractivity contribution is 8.54. The van der Waals surface area contributed by atoms with E-state index >= 15 is 0 Å². The third-order valence-electron chi connectivity index (χ3n) is 1.20. The molecule has 0 saturated heterocycles. The van der Waals surface area contributed by atoms with Crippen LogP contribution in [0.25, 0.3) is 0 Å². The molecule has 0 spiro atoms. The van der Waals surface area contributed by atoms with Gasteiger partial charge in [-0.1, -0.05) is 13.8 Å². The number of hydrogen-bond donors (Lipinski definition) is 2. The molecule has 0 radical (unpaired) electrons. The Balaban J connectivity index is 3.75. The van der Waals surface area contributed by atoms with Crippen LogP contribution in [0.5, 0.6) is 0 Å². The van der Waals surface area contributed by atoms with Crippen molar-refractivity contribution in [1.29, 1.82) is 0 Å². The van der Waals surface area contributed by atoms with Crippen molar-refractivity contribution in [2.45, 2.75) is 31.9 Å². The van der Waals surface area contributed by atoms with Gasteiger partial charge in [-0.3, -0.25) is 0 Å². The lowest BCUT2D eigenvalue weighted by Gasteiger charge is -2.11. The van der Waals surface area contributed by atoms with Gasteiger partial charge in [0, 0.05) is 5.25 Å². The highest BCUT2D eigenvalue weighted by Crippen LogP contribution is 2.53. The van der Waals surface area contributed by atoms with Gasteiger partial charge in [-0.05, 0) is 24.2 Å². The van der Waals surface area contributed by atoms with E-state index < -0.39 is 6.80 Å². The highest BCUT2D eigenvalue weighted by atomic mass is 32.7. The van der Waals surface area contributed by atoms with E-state index in [1.54, 1.807) is 0 Å². The molecular weight excluding hydrogens is 171 g/mol. The van der Waals surface area contributed by atoms with Crippen molar-refractivity contribution >= 4 is 18.2 Å². The minimum Gasteiger partial charge on any atom is -0.317 e. The van der Waals surface area contributed by atoms with Crippen LogP contribution in [0, 0.1) is 0 Å². The van der Waals surface area contributed by atoms with Crippen molar-refractivity contribution in [3.05, 3.63) is 0 Å². The average molecular weight is 184 g/mol. The summed E-state index contributed by atoms with van der Waals surface area (Å²) >= 11 is 0.769. The van der Waals surface area contributed by atoms with Gasteiger partial charge in [0.05, 0.1) is 0 Å². The zero-order valence-electron chi connectivity index (χ0n) is 6.15. The molecule has 2 N–H and O–H groups in total. The molecule has 0 rings (SSSR count). The van der Waals surface area contributed by atoms with E-state index in [2.05, 4.69) is 0 Å². The summed E-state index contributed by atoms with van der Waals surface area (Å²) in [6.45, 7) is 0.0166. The first kappa shape index (κ1) is 10.5. The molecule has 0 aromatic rings. The van der Waals surface area contributed by atoms with E-state index in [1.807, 2.05) is 13.8 Å². The van der Waals surface area contributed by atoms with Gasteiger partial charge in [0.15, 0.2) is 0 Å². The number of rotatable bonds is 4. The molecule has 0 aliphatic rings. The van der Waals surface area contributed by atoms with Crippen molar-refractivity contribution < 1.29 is 14.4 Å². The molecule has 0 aliphatic heterocycles. The summed E-state index contributed by atoms with van der Waals surface area (Å²) < 4.78 is 10.4. The van der Waals surface area contributed by atoms with E-state index in [0.717, 1.165) is 24.2 Å². The Labute approximate surface area is 65.1 Å². The van der Waals surface area contributed by atoms with E-state index in [9.17, 15) is 4.57 Å². The van der Waals surface area contributed by atoms with Gasteiger partial charge in [0.2, 0.25) is 0 Å². The SMILES string of the molecule is CCC(CC)SP(=O)(O)O. The van der Waals surface area contributed by atoms with Crippen molar-refractivity contribution in [1.82, 2.24) is 0 Å². The molecule has 0 bridgehead atoms. The molecule has 10 heavy (non-hydrogen) atoms. The zero-order valence-corrected chi connectivity index (χ0v) is 7.86. The summed E-state index contributed by atoms with van der Waals surface area (Å²) in [6.07, 6.45) is 1.62.